The van der Waals surface area contributed by atoms with E-state index in [9.17, 15) is 4.39 Å². The zero-order chi connectivity index (χ0) is 12.1. The smallest absolute Gasteiger partial charge is 0.213 e. The van der Waals surface area contributed by atoms with E-state index in [2.05, 4.69) is 17.2 Å². The van der Waals surface area contributed by atoms with Crippen LogP contribution in [0, 0.1) is 11.9 Å². The van der Waals surface area contributed by atoms with Crippen molar-refractivity contribution in [1.29, 1.82) is 0 Å². The first-order valence-electron chi connectivity index (χ1n) is 6.63. The minimum atomic E-state index is -0.389. The van der Waals surface area contributed by atoms with Gasteiger partial charge in [-0.25, -0.2) is 4.98 Å². The summed E-state index contributed by atoms with van der Waals surface area (Å²) in [5.74, 6) is 0.399. The van der Waals surface area contributed by atoms with Crippen LogP contribution in [0.3, 0.4) is 0 Å². The Morgan fingerprint density at radius 2 is 2.24 bits per heavy atom. The number of rotatable bonds is 4. The summed E-state index contributed by atoms with van der Waals surface area (Å²) >= 11 is 0. The fourth-order valence-electron chi connectivity index (χ4n) is 2.77. The second-order valence-electron chi connectivity index (χ2n) is 4.93. The van der Waals surface area contributed by atoms with Crippen LogP contribution in [-0.2, 0) is 6.54 Å². The Labute approximate surface area is 103 Å². The lowest BCUT2D eigenvalue weighted by Gasteiger charge is -2.31. The highest BCUT2D eigenvalue weighted by molar-refractivity contribution is 5.10. The van der Waals surface area contributed by atoms with E-state index in [4.69, 9.17) is 0 Å². The molecule has 1 aliphatic carbocycles. The molecule has 2 unspecified atom stereocenters. The lowest BCUT2D eigenvalue weighted by atomic mass is 9.83. The van der Waals surface area contributed by atoms with E-state index in [0.29, 0.717) is 6.04 Å². The minimum Gasteiger partial charge on any atom is -0.310 e. The quantitative estimate of drug-likeness (QED) is 0.811. The third-order valence-electron chi connectivity index (χ3n) is 3.79. The van der Waals surface area contributed by atoms with Gasteiger partial charge < -0.3 is 5.32 Å². The van der Waals surface area contributed by atoms with Crippen LogP contribution in [0.4, 0.5) is 4.39 Å². The van der Waals surface area contributed by atoms with Gasteiger partial charge in [0.05, 0.1) is 0 Å². The van der Waals surface area contributed by atoms with E-state index in [1.165, 1.54) is 44.4 Å². The van der Waals surface area contributed by atoms with Crippen molar-refractivity contribution in [3.05, 3.63) is 29.8 Å². The zero-order valence-electron chi connectivity index (χ0n) is 10.5. The van der Waals surface area contributed by atoms with E-state index in [-0.39, 0.29) is 5.95 Å². The largest absolute Gasteiger partial charge is 0.310 e. The molecule has 0 spiro atoms. The molecule has 1 fully saturated rings. The van der Waals surface area contributed by atoms with Gasteiger partial charge in [0.2, 0.25) is 5.95 Å². The van der Waals surface area contributed by atoms with E-state index in [1.54, 1.807) is 0 Å². The van der Waals surface area contributed by atoms with Gasteiger partial charge in [0, 0.05) is 18.8 Å². The highest BCUT2D eigenvalue weighted by Gasteiger charge is 2.22. The molecule has 2 nitrogen and oxygen atoms in total. The van der Waals surface area contributed by atoms with Crippen molar-refractivity contribution in [1.82, 2.24) is 10.3 Å². The summed E-state index contributed by atoms with van der Waals surface area (Å²) in [5.41, 5.74) is 0.984. The molecule has 1 aromatic heterocycles. The highest BCUT2D eigenvalue weighted by Crippen LogP contribution is 2.26. The van der Waals surface area contributed by atoms with Gasteiger partial charge in [0.1, 0.15) is 0 Å². The van der Waals surface area contributed by atoms with E-state index in [1.807, 2.05) is 6.07 Å². The third-order valence-corrected chi connectivity index (χ3v) is 3.79. The summed E-state index contributed by atoms with van der Waals surface area (Å²) in [6, 6.07) is 3.99. The number of nitrogens with one attached hydrogen (secondary N) is 1. The van der Waals surface area contributed by atoms with Crippen LogP contribution in [-0.4, -0.2) is 11.0 Å². The molecule has 1 aromatic rings. The van der Waals surface area contributed by atoms with Crippen LogP contribution in [0.15, 0.2) is 18.3 Å². The van der Waals surface area contributed by atoms with E-state index in [0.717, 1.165) is 18.0 Å². The van der Waals surface area contributed by atoms with Crippen LogP contribution >= 0.6 is 0 Å². The molecule has 0 radical (unpaired) electrons. The minimum absolute atomic E-state index is 0.389. The number of nitrogens with zero attached hydrogens (tertiary/aromatic N) is 1. The first-order valence-corrected chi connectivity index (χ1v) is 6.63. The first kappa shape index (κ1) is 12.5. The molecule has 0 aromatic carbocycles. The number of hydrogen-bond acceptors (Lipinski definition) is 2. The average Bonchev–Trinajstić information content (AvgIpc) is 2.37. The van der Waals surface area contributed by atoms with Gasteiger partial charge in [-0.1, -0.05) is 26.2 Å². The summed E-state index contributed by atoms with van der Waals surface area (Å²) < 4.78 is 12.9. The Hall–Kier alpha value is -0.960. The van der Waals surface area contributed by atoms with Crippen LogP contribution in [0.5, 0.6) is 0 Å². The Balaban J connectivity index is 1.88. The van der Waals surface area contributed by atoms with Crippen molar-refractivity contribution >= 4 is 0 Å². The summed E-state index contributed by atoms with van der Waals surface area (Å²) in [6.07, 6.45) is 8.04. The van der Waals surface area contributed by atoms with Crippen LogP contribution in [0.1, 0.15) is 44.6 Å². The second-order valence-corrected chi connectivity index (χ2v) is 4.93. The van der Waals surface area contributed by atoms with Gasteiger partial charge >= 0.3 is 0 Å². The van der Waals surface area contributed by atoms with E-state index >= 15 is 0 Å². The molecule has 0 saturated heterocycles. The molecule has 17 heavy (non-hydrogen) atoms. The average molecular weight is 236 g/mol. The van der Waals surface area contributed by atoms with Crippen LogP contribution in [0.25, 0.3) is 0 Å². The summed E-state index contributed by atoms with van der Waals surface area (Å²) in [5, 5.41) is 3.57. The molecule has 0 bridgehead atoms. The molecule has 1 saturated carbocycles. The van der Waals surface area contributed by atoms with Gasteiger partial charge in [0.15, 0.2) is 0 Å². The molecule has 0 aliphatic heterocycles. The van der Waals surface area contributed by atoms with Crippen molar-refractivity contribution in [2.45, 2.75) is 51.6 Å². The monoisotopic (exact) mass is 236 g/mol. The highest BCUT2D eigenvalue weighted by atomic mass is 19.1. The Bertz CT molecular complexity index is 354. The maximum Gasteiger partial charge on any atom is 0.213 e. The summed E-state index contributed by atoms with van der Waals surface area (Å²) in [7, 11) is 0. The van der Waals surface area contributed by atoms with Gasteiger partial charge in [-0.15, -0.1) is 0 Å². The molecule has 2 atom stereocenters. The second kappa shape index (κ2) is 6.10. The van der Waals surface area contributed by atoms with Gasteiger partial charge in [0.25, 0.3) is 0 Å². The zero-order valence-corrected chi connectivity index (χ0v) is 10.5. The molecule has 1 aliphatic rings. The van der Waals surface area contributed by atoms with Gasteiger partial charge in [-0.05, 0) is 36.5 Å². The molecule has 2 rings (SSSR count). The van der Waals surface area contributed by atoms with Gasteiger partial charge in [-0.2, -0.15) is 4.39 Å². The van der Waals surface area contributed by atoms with Gasteiger partial charge in [-0.3, -0.25) is 0 Å². The Morgan fingerprint density at radius 1 is 1.41 bits per heavy atom. The van der Waals surface area contributed by atoms with Crippen molar-refractivity contribution in [2.24, 2.45) is 5.92 Å². The van der Waals surface area contributed by atoms with E-state index < -0.39 is 0 Å². The molecular weight excluding hydrogens is 215 g/mol. The first-order chi connectivity index (χ1) is 8.29. The lowest BCUT2D eigenvalue weighted by molar-refractivity contribution is 0.254. The third kappa shape index (κ3) is 3.50. The van der Waals surface area contributed by atoms with Crippen molar-refractivity contribution in [3.63, 3.8) is 0 Å². The predicted octanol–water partition coefficient (Wildman–Crippen LogP) is 3.28. The maximum atomic E-state index is 12.9. The predicted molar refractivity (Wildman–Crippen MR) is 67.1 cm³/mol. The molecule has 94 valence electrons. The van der Waals surface area contributed by atoms with Crippen LogP contribution in [0.2, 0.25) is 0 Å². The molecule has 0 amide bonds. The number of pyridine rings is 1. The fraction of sp³-hybridized carbons (Fsp3) is 0.643. The fourth-order valence-corrected chi connectivity index (χ4v) is 2.77. The Morgan fingerprint density at radius 3 is 3.00 bits per heavy atom. The van der Waals surface area contributed by atoms with Crippen LogP contribution < -0.4 is 5.32 Å². The SMILES string of the molecule is CCC1CCCCC1NCc1ccnc(F)c1. The normalized spacial score (nSPS) is 24.8. The number of halogens is 1. The molecule has 3 heteroatoms. The molecule has 1 heterocycles. The molecular formula is C14H21FN2. The van der Waals surface area contributed by atoms with Crippen molar-refractivity contribution in [3.8, 4) is 0 Å². The number of aromatic nitrogens is 1. The van der Waals surface area contributed by atoms with Crippen molar-refractivity contribution in [2.75, 3.05) is 0 Å². The standard InChI is InChI=1S/C14H21FN2/c1-2-12-5-3-4-6-13(12)17-10-11-7-8-16-14(15)9-11/h7-9,12-13,17H,2-6,10H2,1H3. The Kier molecular flexibility index (Phi) is 4.49. The lowest BCUT2D eigenvalue weighted by Crippen LogP contribution is -2.37. The maximum absolute atomic E-state index is 12.9. The summed E-state index contributed by atoms with van der Waals surface area (Å²) in [4.78, 5) is 3.57. The summed E-state index contributed by atoms with van der Waals surface area (Å²) in [6.45, 7) is 3.01. The van der Waals surface area contributed by atoms with Crippen molar-refractivity contribution < 1.29 is 4.39 Å². The number of hydrogen-bond donors (Lipinski definition) is 1. The molecule has 1 N–H and O–H groups in total. The topological polar surface area (TPSA) is 24.9 Å².